The number of hydrogen-bond acceptors (Lipinski definition) is 8. The minimum absolute atomic E-state index is 0.0803. The largest absolute Gasteiger partial charge is 0.497 e. The van der Waals surface area contributed by atoms with E-state index in [0.29, 0.717) is 58.7 Å². The van der Waals surface area contributed by atoms with Gasteiger partial charge in [0.2, 0.25) is 11.3 Å². The van der Waals surface area contributed by atoms with Gasteiger partial charge in [-0.3, -0.25) is 14.4 Å². The van der Waals surface area contributed by atoms with E-state index in [9.17, 15) is 14.4 Å². The first-order valence-electron chi connectivity index (χ1n) is 12.1. The predicted molar refractivity (Wildman–Crippen MR) is 144 cm³/mol. The number of fused-ring (bicyclic) bond motifs is 2. The molecule has 1 aliphatic heterocycles. The number of ketones is 1. The minimum Gasteiger partial charge on any atom is -0.497 e. The van der Waals surface area contributed by atoms with E-state index in [1.54, 1.807) is 59.2 Å². The number of anilines is 1. The molecule has 0 atom stereocenters. The zero-order chi connectivity index (χ0) is 27.5. The first-order chi connectivity index (χ1) is 18.9. The Balaban J connectivity index is 1.55. The predicted octanol–water partition coefficient (Wildman–Crippen LogP) is 3.67. The SMILES string of the molecule is COc1ccc(C(=O)c2cn(CC(=O)Nc3ccc(OC)c(OC)c3)c3cc4c(cc3c2=O)OCCO4)cc1. The van der Waals surface area contributed by atoms with E-state index in [2.05, 4.69) is 5.32 Å². The maximum absolute atomic E-state index is 13.5. The normalized spacial score (nSPS) is 12.1. The van der Waals surface area contributed by atoms with Crippen molar-refractivity contribution >= 4 is 28.3 Å². The van der Waals surface area contributed by atoms with Crippen LogP contribution in [0, 0.1) is 0 Å². The second kappa shape index (κ2) is 10.8. The summed E-state index contributed by atoms with van der Waals surface area (Å²) in [4.78, 5) is 40.1. The minimum atomic E-state index is -0.478. The summed E-state index contributed by atoms with van der Waals surface area (Å²) >= 11 is 0. The molecule has 1 aromatic heterocycles. The molecule has 5 rings (SSSR count). The van der Waals surface area contributed by atoms with Crippen molar-refractivity contribution in [2.24, 2.45) is 0 Å². The first kappa shape index (κ1) is 25.7. The summed E-state index contributed by atoms with van der Waals surface area (Å²) in [5, 5.41) is 3.06. The van der Waals surface area contributed by atoms with Crippen LogP contribution in [0.5, 0.6) is 28.7 Å². The smallest absolute Gasteiger partial charge is 0.244 e. The lowest BCUT2D eigenvalue weighted by Gasteiger charge is -2.20. The summed E-state index contributed by atoms with van der Waals surface area (Å²) in [6, 6.07) is 14.7. The van der Waals surface area contributed by atoms with E-state index in [4.69, 9.17) is 23.7 Å². The fraction of sp³-hybridized carbons (Fsp3) is 0.207. The monoisotopic (exact) mass is 530 g/mol. The molecule has 0 fully saturated rings. The number of aromatic nitrogens is 1. The third-order valence-corrected chi connectivity index (χ3v) is 6.32. The van der Waals surface area contributed by atoms with Crippen LogP contribution in [-0.2, 0) is 11.3 Å². The molecule has 39 heavy (non-hydrogen) atoms. The van der Waals surface area contributed by atoms with Gasteiger partial charge in [0.15, 0.2) is 28.8 Å². The molecule has 0 saturated heterocycles. The Bertz CT molecular complexity index is 1630. The van der Waals surface area contributed by atoms with Crippen molar-refractivity contribution in [1.29, 1.82) is 0 Å². The van der Waals surface area contributed by atoms with Gasteiger partial charge in [-0.1, -0.05) is 0 Å². The van der Waals surface area contributed by atoms with Crippen LogP contribution in [0.15, 0.2) is 65.6 Å². The van der Waals surface area contributed by atoms with Crippen LogP contribution >= 0.6 is 0 Å². The molecule has 0 bridgehead atoms. The van der Waals surface area contributed by atoms with E-state index in [1.807, 2.05) is 0 Å². The van der Waals surface area contributed by atoms with Crippen molar-refractivity contribution in [2.75, 3.05) is 39.9 Å². The molecule has 1 amide bonds. The summed E-state index contributed by atoms with van der Waals surface area (Å²) in [5.41, 5.74) is 0.679. The van der Waals surface area contributed by atoms with Gasteiger partial charge >= 0.3 is 0 Å². The van der Waals surface area contributed by atoms with Crippen molar-refractivity contribution in [3.05, 3.63) is 82.1 Å². The molecule has 0 spiro atoms. The van der Waals surface area contributed by atoms with Crippen molar-refractivity contribution in [1.82, 2.24) is 4.57 Å². The molecule has 0 saturated carbocycles. The number of pyridine rings is 1. The summed E-state index contributed by atoms with van der Waals surface area (Å²) in [6.45, 7) is 0.509. The number of nitrogens with one attached hydrogen (secondary N) is 1. The number of carbonyl (C=O) groups is 2. The molecule has 200 valence electrons. The number of hydrogen-bond donors (Lipinski definition) is 1. The number of benzene rings is 3. The van der Waals surface area contributed by atoms with Gasteiger partial charge in [-0.2, -0.15) is 0 Å². The van der Waals surface area contributed by atoms with E-state index in [-0.39, 0.29) is 23.4 Å². The van der Waals surface area contributed by atoms with E-state index in [1.165, 1.54) is 27.5 Å². The van der Waals surface area contributed by atoms with Crippen molar-refractivity contribution in [3.63, 3.8) is 0 Å². The van der Waals surface area contributed by atoms with Gasteiger partial charge in [-0.15, -0.1) is 0 Å². The van der Waals surface area contributed by atoms with Crippen LogP contribution in [0.3, 0.4) is 0 Å². The zero-order valence-corrected chi connectivity index (χ0v) is 21.6. The lowest BCUT2D eigenvalue weighted by atomic mass is 10.0. The van der Waals surface area contributed by atoms with Crippen molar-refractivity contribution in [3.8, 4) is 28.7 Å². The van der Waals surface area contributed by atoms with Crippen LogP contribution in [0.1, 0.15) is 15.9 Å². The first-order valence-corrected chi connectivity index (χ1v) is 12.1. The van der Waals surface area contributed by atoms with E-state index in [0.717, 1.165) is 0 Å². The van der Waals surface area contributed by atoms with Crippen molar-refractivity contribution in [2.45, 2.75) is 6.54 Å². The molecule has 1 N–H and O–H groups in total. The molecule has 2 heterocycles. The number of nitrogens with zero attached hydrogens (tertiary/aromatic N) is 1. The summed E-state index contributed by atoms with van der Waals surface area (Å²) in [5.74, 6) is 1.56. The highest BCUT2D eigenvalue weighted by molar-refractivity contribution is 6.10. The Morgan fingerprint density at radius 3 is 2.23 bits per heavy atom. The number of carbonyl (C=O) groups excluding carboxylic acids is 2. The molecule has 4 aromatic rings. The summed E-state index contributed by atoms with van der Waals surface area (Å²) in [7, 11) is 4.55. The molecular weight excluding hydrogens is 504 g/mol. The fourth-order valence-electron chi connectivity index (χ4n) is 4.39. The van der Waals surface area contributed by atoms with Gasteiger partial charge in [-0.25, -0.2) is 0 Å². The third kappa shape index (κ3) is 5.08. The van der Waals surface area contributed by atoms with E-state index >= 15 is 0 Å². The average Bonchev–Trinajstić information content (AvgIpc) is 2.97. The molecule has 0 radical (unpaired) electrons. The molecule has 3 aromatic carbocycles. The summed E-state index contributed by atoms with van der Waals surface area (Å²) in [6.07, 6.45) is 1.40. The highest BCUT2D eigenvalue weighted by Crippen LogP contribution is 2.34. The number of rotatable bonds is 8. The highest BCUT2D eigenvalue weighted by atomic mass is 16.6. The third-order valence-electron chi connectivity index (χ3n) is 6.32. The van der Waals surface area contributed by atoms with Gasteiger partial charge in [-0.05, 0) is 42.5 Å². The van der Waals surface area contributed by atoms with Crippen LogP contribution < -0.4 is 34.4 Å². The second-order valence-electron chi connectivity index (χ2n) is 8.69. The van der Waals surface area contributed by atoms with Crippen LogP contribution in [0.25, 0.3) is 10.9 Å². The van der Waals surface area contributed by atoms with Gasteiger partial charge in [0.1, 0.15) is 25.5 Å². The molecule has 0 unspecified atom stereocenters. The standard InChI is InChI=1S/C29H26N2O8/c1-35-19-7-4-17(5-8-19)28(33)21-15-31(16-27(32)30-18-6-9-23(36-2)24(12-18)37-3)22-14-26-25(38-10-11-39-26)13-20(22)29(21)34/h4-9,12-15H,10-11,16H2,1-3H3,(H,30,32). The van der Waals surface area contributed by atoms with E-state index < -0.39 is 11.2 Å². The number of methoxy groups -OCH3 is 3. The maximum Gasteiger partial charge on any atom is 0.244 e. The Labute approximate surface area is 223 Å². The molecular formula is C29H26N2O8. The molecule has 0 aliphatic carbocycles. The van der Waals surface area contributed by atoms with Crippen LogP contribution in [-0.4, -0.2) is 50.8 Å². The average molecular weight is 531 g/mol. The van der Waals surface area contributed by atoms with Crippen LogP contribution in [0.4, 0.5) is 5.69 Å². The maximum atomic E-state index is 13.5. The summed E-state index contributed by atoms with van der Waals surface area (Å²) < 4.78 is 28.6. The number of amides is 1. The van der Waals surface area contributed by atoms with Gasteiger partial charge < -0.3 is 33.6 Å². The lowest BCUT2D eigenvalue weighted by Crippen LogP contribution is -2.25. The fourth-order valence-corrected chi connectivity index (χ4v) is 4.39. The van der Waals surface area contributed by atoms with Gasteiger partial charge in [0.05, 0.1) is 37.8 Å². The molecule has 10 nitrogen and oxygen atoms in total. The van der Waals surface area contributed by atoms with Crippen molar-refractivity contribution < 1.29 is 33.3 Å². The quantitative estimate of drug-likeness (QED) is 0.343. The Kier molecular flexibility index (Phi) is 7.09. The van der Waals surface area contributed by atoms with Gasteiger partial charge in [0.25, 0.3) is 0 Å². The number of ether oxygens (including phenoxy) is 5. The Hall–Kier alpha value is -4.99. The molecule has 1 aliphatic rings. The lowest BCUT2D eigenvalue weighted by molar-refractivity contribution is -0.116. The van der Waals surface area contributed by atoms with Gasteiger partial charge in [0, 0.05) is 29.6 Å². The van der Waals surface area contributed by atoms with Crippen LogP contribution in [0.2, 0.25) is 0 Å². The zero-order valence-electron chi connectivity index (χ0n) is 21.6. The topological polar surface area (TPSA) is 114 Å². The second-order valence-corrected chi connectivity index (χ2v) is 8.69. The Morgan fingerprint density at radius 2 is 1.56 bits per heavy atom. The molecule has 10 heteroatoms. The highest BCUT2D eigenvalue weighted by Gasteiger charge is 2.22. The Morgan fingerprint density at radius 1 is 0.872 bits per heavy atom.